The second-order valence-corrected chi connectivity index (χ2v) is 7.60. The lowest BCUT2D eigenvalue weighted by Crippen LogP contribution is -2.44. The van der Waals surface area contributed by atoms with Crippen LogP contribution in [0, 0.1) is 5.82 Å². The molecule has 0 amide bonds. The third-order valence-corrected chi connectivity index (χ3v) is 5.49. The van der Waals surface area contributed by atoms with Gasteiger partial charge >= 0.3 is 0 Å². The number of ether oxygens (including phenoxy) is 3. The number of nitrogens with one attached hydrogen (secondary N) is 1. The highest BCUT2D eigenvalue weighted by atomic mass is 35.5. The molecule has 0 bridgehead atoms. The van der Waals surface area contributed by atoms with Gasteiger partial charge in [-0.05, 0) is 30.8 Å². The first-order valence-corrected chi connectivity index (χ1v) is 10.5. The Morgan fingerprint density at radius 1 is 1.26 bits per heavy atom. The molecule has 2 aromatic carbocycles. The molecule has 0 aliphatic carbocycles. The van der Waals surface area contributed by atoms with Gasteiger partial charge < -0.3 is 19.5 Å². The van der Waals surface area contributed by atoms with Crippen LogP contribution in [0.25, 0.3) is 10.9 Å². The minimum atomic E-state index is -0.480. The molecule has 1 fully saturated rings. The van der Waals surface area contributed by atoms with Crippen molar-refractivity contribution < 1.29 is 18.6 Å². The average molecular weight is 447 g/mol. The molecule has 0 radical (unpaired) electrons. The lowest BCUT2D eigenvalue weighted by molar-refractivity contribution is -0.0466. The highest BCUT2D eigenvalue weighted by Gasteiger charge is 2.21. The van der Waals surface area contributed by atoms with Crippen LogP contribution in [0.4, 0.5) is 15.9 Å². The molecule has 1 aromatic heterocycles. The molecule has 164 valence electrons. The zero-order chi connectivity index (χ0) is 21.8. The van der Waals surface area contributed by atoms with E-state index < -0.39 is 5.82 Å². The lowest BCUT2D eigenvalue weighted by Gasteiger charge is -2.31. The van der Waals surface area contributed by atoms with E-state index >= 15 is 0 Å². The summed E-state index contributed by atoms with van der Waals surface area (Å²) in [5.74, 6) is 1.21. The van der Waals surface area contributed by atoms with Crippen LogP contribution in [-0.4, -0.2) is 60.9 Å². The number of methoxy groups -OCH3 is 1. The van der Waals surface area contributed by atoms with E-state index in [9.17, 15) is 4.39 Å². The van der Waals surface area contributed by atoms with Gasteiger partial charge in [-0.1, -0.05) is 18.5 Å². The summed E-state index contributed by atoms with van der Waals surface area (Å²) in [6.45, 7) is 5.98. The summed E-state index contributed by atoms with van der Waals surface area (Å²) in [6, 6.07) is 8.04. The molecule has 0 saturated carbocycles. The van der Waals surface area contributed by atoms with Crippen molar-refractivity contribution in [1.82, 2.24) is 14.9 Å². The third kappa shape index (κ3) is 4.98. The number of hydrogen-bond acceptors (Lipinski definition) is 7. The SMILES string of the molecule is CCN1CCOC(COc2cc3c(Nc4ccc(F)c(Cl)c4)ncnc3cc2OC)C1. The Morgan fingerprint density at radius 3 is 2.90 bits per heavy atom. The number of halogens is 2. The number of benzene rings is 2. The van der Waals surface area contributed by atoms with Crippen molar-refractivity contribution in [2.24, 2.45) is 0 Å². The zero-order valence-corrected chi connectivity index (χ0v) is 18.2. The Balaban J connectivity index is 1.59. The number of fused-ring (bicyclic) bond motifs is 1. The number of nitrogens with zero attached hydrogens (tertiary/aromatic N) is 3. The lowest BCUT2D eigenvalue weighted by atomic mass is 10.2. The molecule has 9 heteroatoms. The summed E-state index contributed by atoms with van der Waals surface area (Å²) in [5.41, 5.74) is 1.29. The molecular formula is C22H24ClFN4O3. The smallest absolute Gasteiger partial charge is 0.162 e. The molecule has 31 heavy (non-hydrogen) atoms. The van der Waals surface area contributed by atoms with Gasteiger partial charge in [-0.25, -0.2) is 14.4 Å². The van der Waals surface area contributed by atoms with Crippen LogP contribution in [0.15, 0.2) is 36.7 Å². The summed E-state index contributed by atoms with van der Waals surface area (Å²) in [7, 11) is 1.59. The summed E-state index contributed by atoms with van der Waals surface area (Å²) in [5, 5.41) is 3.93. The van der Waals surface area contributed by atoms with E-state index in [1.807, 2.05) is 6.07 Å². The topological polar surface area (TPSA) is 68.7 Å². The van der Waals surface area contributed by atoms with Crippen LogP contribution in [-0.2, 0) is 4.74 Å². The maximum Gasteiger partial charge on any atom is 0.162 e. The molecule has 4 rings (SSSR count). The maximum absolute atomic E-state index is 13.5. The highest BCUT2D eigenvalue weighted by Crippen LogP contribution is 2.35. The van der Waals surface area contributed by atoms with Crippen LogP contribution in [0.5, 0.6) is 11.5 Å². The number of likely N-dealkylation sites (N-methyl/N-ethyl adjacent to an activating group) is 1. The van der Waals surface area contributed by atoms with Crippen LogP contribution in [0.1, 0.15) is 6.92 Å². The first-order chi connectivity index (χ1) is 15.1. The molecule has 1 aliphatic rings. The molecule has 7 nitrogen and oxygen atoms in total. The minimum Gasteiger partial charge on any atom is -0.493 e. The third-order valence-electron chi connectivity index (χ3n) is 5.20. The fourth-order valence-electron chi connectivity index (χ4n) is 3.50. The molecule has 2 heterocycles. The van der Waals surface area contributed by atoms with E-state index in [2.05, 4.69) is 27.1 Å². The predicted octanol–water partition coefficient (Wildman–Crippen LogP) is 4.27. The fraction of sp³-hybridized carbons (Fsp3) is 0.364. The van der Waals surface area contributed by atoms with Crippen molar-refractivity contribution in [3.8, 4) is 11.5 Å². The van der Waals surface area contributed by atoms with Crippen LogP contribution < -0.4 is 14.8 Å². The van der Waals surface area contributed by atoms with Gasteiger partial charge in [0.25, 0.3) is 0 Å². The number of anilines is 2. The van der Waals surface area contributed by atoms with Gasteiger partial charge in [-0.3, -0.25) is 4.90 Å². The van der Waals surface area contributed by atoms with E-state index in [1.165, 1.54) is 18.5 Å². The van der Waals surface area contributed by atoms with Gasteiger partial charge in [-0.2, -0.15) is 0 Å². The van der Waals surface area contributed by atoms with Crippen molar-refractivity contribution in [1.29, 1.82) is 0 Å². The molecular weight excluding hydrogens is 423 g/mol. The highest BCUT2D eigenvalue weighted by molar-refractivity contribution is 6.31. The number of aromatic nitrogens is 2. The first-order valence-electron chi connectivity index (χ1n) is 10.1. The Bertz CT molecular complexity index is 1070. The molecule has 1 aliphatic heterocycles. The Labute approximate surface area is 185 Å². The molecule has 1 saturated heterocycles. The zero-order valence-electron chi connectivity index (χ0n) is 17.4. The molecule has 1 N–H and O–H groups in total. The van der Waals surface area contributed by atoms with Crippen molar-refractivity contribution in [3.05, 3.63) is 47.5 Å². The predicted molar refractivity (Wildman–Crippen MR) is 118 cm³/mol. The van der Waals surface area contributed by atoms with E-state index in [4.69, 9.17) is 25.8 Å². The Hall–Kier alpha value is -2.68. The molecule has 3 aromatic rings. The van der Waals surface area contributed by atoms with Gasteiger partial charge in [0.2, 0.25) is 0 Å². The van der Waals surface area contributed by atoms with Gasteiger partial charge in [0.1, 0.15) is 30.7 Å². The summed E-state index contributed by atoms with van der Waals surface area (Å²) >= 11 is 5.90. The molecule has 1 atom stereocenters. The van der Waals surface area contributed by atoms with E-state index in [1.54, 1.807) is 19.2 Å². The van der Waals surface area contributed by atoms with Gasteiger partial charge in [0.05, 0.1) is 24.3 Å². The fourth-order valence-corrected chi connectivity index (χ4v) is 3.68. The number of morpholine rings is 1. The largest absolute Gasteiger partial charge is 0.493 e. The van der Waals surface area contributed by atoms with Crippen LogP contribution in [0.2, 0.25) is 5.02 Å². The van der Waals surface area contributed by atoms with Crippen LogP contribution >= 0.6 is 11.6 Å². The van der Waals surface area contributed by atoms with Crippen molar-refractivity contribution in [2.75, 3.05) is 45.3 Å². The molecule has 0 spiro atoms. The summed E-state index contributed by atoms with van der Waals surface area (Å²) in [4.78, 5) is 11.0. The second kappa shape index (κ2) is 9.64. The Kier molecular flexibility index (Phi) is 6.70. The van der Waals surface area contributed by atoms with E-state index in [0.29, 0.717) is 41.7 Å². The second-order valence-electron chi connectivity index (χ2n) is 7.19. The Morgan fingerprint density at radius 2 is 2.13 bits per heavy atom. The van der Waals surface area contributed by atoms with Gasteiger partial charge in [0, 0.05) is 30.2 Å². The van der Waals surface area contributed by atoms with Crippen LogP contribution in [0.3, 0.4) is 0 Å². The van der Waals surface area contributed by atoms with E-state index in [0.717, 1.165) is 25.0 Å². The first kappa shape index (κ1) is 21.5. The quantitative estimate of drug-likeness (QED) is 0.581. The standard InChI is InChI=1S/C22H24ClFN4O3/c1-3-28-6-7-30-15(11-28)12-31-21-9-16-19(10-20(21)29-2)25-13-26-22(16)27-14-4-5-18(24)17(23)8-14/h4-5,8-10,13,15H,3,6-7,11-12H2,1-2H3,(H,25,26,27). The monoisotopic (exact) mass is 446 g/mol. The number of rotatable bonds is 7. The van der Waals surface area contributed by atoms with Crippen molar-refractivity contribution in [2.45, 2.75) is 13.0 Å². The van der Waals surface area contributed by atoms with Crippen molar-refractivity contribution in [3.63, 3.8) is 0 Å². The summed E-state index contributed by atoms with van der Waals surface area (Å²) < 4.78 is 30.9. The van der Waals surface area contributed by atoms with Crippen molar-refractivity contribution >= 4 is 34.0 Å². The minimum absolute atomic E-state index is 0.0138. The summed E-state index contributed by atoms with van der Waals surface area (Å²) in [6.07, 6.45) is 1.44. The van der Waals surface area contributed by atoms with Gasteiger partial charge in [0.15, 0.2) is 11.5 Å². The maximum atomic E-state index is 13.5. The normalized spacial score (nSPS) is 17.0. The average Bonchev–Trinajstić information content (AvgIpc) is 2.80. The number of hydrogen-bond donors (Lipinski definition) is 1. The molecule has 1 unspecified atom stereocenters. The van der Waals surface area contributed by atoms with E-state index in [-0.39, 0.29) is 11.1 Å². The van der Waals surface area contributed by atoms with Gasteiger partial charge in [-0.15, -0.1) is 0 Å².